The number of aryl methyl sites for hydroxylation is 1. The van der Waals surface area contributed by atoms with E-state index in [1.165, 1.54) is 5.56 Å². The molecular weight excluding hydrogens is 342 g/mol. The minimum atomic E-state index is -0.0943. The fraction of sp³-hybridized carbons (Fsp3) is 0.476. The monoisotopic (exact) mass is 371 g/mol. The molecule has 0 bridgehead atoms. The molecule has 2 atom stereocenters. The van der Waals surface area contributed by atoms with Crippen molar-refractivity contribution in [2.75, 3.05) is 19.6 Å². The van der Waals surface area contributed by atoms with E-state index in [0.29, 0.717) is 6.54 Å². The van der Waals surface area contributed by atoms with Crippen LogP contribution in [0.25, 0.3) is 0 Å². The lowest BCUT2D eigenvalue weighted by Gasteiger charge is -2.42. The molecule has 3 rings (SSSR count). The Morgan fingerprint density at radius 3 is 2.69 bits per heavy atom. The average molecular weight is 372 g/mol. The molecule has 1 aliphatic rings. The minimum absolute atomic E-state index is 0.0443. The van der Waals surface area contributed by atoms with Gasteiger partial charge in [0.25, 0.3) is 0 Å². The van der Waals surface area contributed by atoms with Crippen molar-refractivity contribution in [3.05, 3.63) is 57.8 Å². The zero-order valence-electron chi connectivity index (χ0n) is 15.9. The summed E-state index contributed by atoms with van der Waals surface area (Å²) in [5.41, 5.74) is 8.59. The van der Waals surface area contributed by atoms with Crippen LogP contribution < -0.4 is 11.1 Å². The zero-order chi connectivity index (χ0) is 18.7. The van der Waals surface area contributed by atoms with Gasteiger partial charge in [-0.25, -0.2) is 0 Å². The van der Waals surface area contributed by atoms with Crippen molar-refractivity contribution < 1.29 is 4.79 Å². The Balaban J connectivity index is 1.69. The summed E-state index contributed by atoms with van der Waals surface area (Å²) in [6, 6.07) is 12.6. The lowest BCUT2D eigenvalue weighted by atomic mass is 9.80. The summed E-state index contributed by atoms with van der Waals surface area (Å²) >= 11 is 1.67. The molecule has 0 aliphatic carbocycles. The number of rotatable bonds is 5. The number of likely N-dealkylation sites (tertiary alicyclic amines) is 1. The van der Waals surface area contributed by atoms with Crippen LogP contribution in [0.4, 0.5) is 0 Å². The highest BCUT2D eigenvalue weighted by molar-refractivity contribution is 7.10. The Labute approximate surface area is 160 Å². The van der Waals surface area contributed by atoms with Gasteiger partial charge in [0.1, 0.15) is 0 Å². The second kappa shape index (κ2) is 7.91. The first-order valence-electron chi connectivity index (χ1n) is 9.22. The van der Waals surface area contributed by atoms with E-state index in [0.717, 1.165) is 30.0 Å². The van der Waals surface area contributed by atoms with Crippen LogP contribution in [0.1, 0.15) is 42.3 Å². The van der Waals surface area contributed by atoms with Crippen LogP contribution in [0.2, 0.25) is 0 Å². The number of nitrogens with two attached hydrogens (primary N) is 1. The molecule has 5 heteroatoms. The second-order valence-electron chi connectivity index (χ2n) is 8.02. The topological polar surface area (TPSA) is 58.4 Å². The van der Waals surface area contributed by atoms with E-state index in [-0.39, 0.29) is 23.4 Å². The summed E-state index contributed by atoms with van der Waals surface area (Å²) < 4.78 is 0. The number of nitrogens with one attached hydrogen (secondary N) is 1. The lowest BCUT2D eigenvalue weighted by Crippen LogP contribution is -2.54. The first-order valence-corrected chi connectivity index (χ1v) is 10.1. The number of piperidine rings is 1. The Morgan fingerprint density at radius 2 is 2.08 bits per heavy atom. The standard InChI is InChI=1S/C21H29N3OS/c1-15-6-8-16(9-7-15)20(17-5-4-12-26-17)23-19(25)13-24-11-10-18(22)21(2,3)14-24/h4-9,12,18,20H,10-11,13-14,22H2,1-3H3,(H,23,25). The number of carbonyl (C=O) groups is 1. The van der Waals surface area contributed by atoms with Gasteiger partial charge < -0.3 is 11.1 Å². The van der Waals surface area contributed by atoms with Gasteiger partial charge in [-0.05, 0) is 35.8 Å². The minimum Gasteiger partial charge on any atom is -0.343 e. The Morgan fingerprint density at radius 1 is 1.35 bits per heavy atom. The van der Waals surface area contributed by atoms with E-state index < -0.39 is 0 Å². The van der Waals surface area contributed by atoms with E-state index in [4.69, 9.17) is 5.73 Å². The summed E-state index contributed by atoms with van der Waals surface area (Å²) in [5.74, 6) is 0.0650. The maximum atomic E-state index is 12.8. The largest absolute Gasteiger partial charge is 0.343 e. The smallest absolute Gasteiger partial charge is 0.234 e. The number of hydrogen-bond donors (Lipinski definition) is 2. The van der Waals surface area contributed by atoms with E-state index >= 15 is 0 Å². The van der Waals surface area contributed by atoms with Gasteiger partial charge in [-0.1, -0.05) is 49.7 Å². The highest BCUT2D eigenvalue weighted by Crippen LogP contribution is 2.28. The van der Waals surface area contributed by atoms with E-state index in [1.54, 1.807) is 11.3 Å². The molecule has 3 N–H and O–H groups in total. The number of thiophene rings is 1. The molecule has 2 unspecified atom stereocenters. The van der Waals surface area contributed by atoms with Crippen LogP contribution in [0.5, 0.6) is 0 Å². The van der Waals surface area contributed by atoms with Gasteiger partial charge in [0.05, 0.1) is 12.6 Å². The second-order valence-corrected chi connectivity index (χ2v) is 9.00. The number of benzene rings is 1. The van der Waals surface area contributed by atoms with Crippen LogP contribution in [-0.2, 0) is 4.79 Å². The van der Waals surface area contributed by atoms with Crippen LogP contribution in [0, 0.1) is 12.3 Å². The molecule has 1 saturated heterocycles. The fourth-order valence-corrected chi connectivity index (χ4v) is 4.37. The van der Waals surface area contributed by atoms with Crippen molar-refractivity contribution >= 4 is 17.2 Å². The van der Waals surface area contributed by atoms with E-state index in [1.807, 2.05) is 6.07 Å². The Bertz CT molecular complexity index is 724. The fourth-order valence-electron chi connectivity index (χ4n) is 3.56. The summed E-state index contributed by atoms with van der Waals surface area (Å²) in [6.45, 7) is 8.60. The molecule has 1 aromatic carbocycles. The van der Waals surface area contributed by atoms with Gasteiger partial charge in [0, 0.05) is 24.0 Å². The van der Waals surface area contributed by atoms with Crippen molar-refractivity contribution in [3.63, 3.8) is 0 Å². The van der Waals surface area contributed by atoms with Gasteiger partial charge >= 0.3 is 0 Å². The molecule has 0 spiro atoms. The highest BCUT2D eigenvalue weighted by atomic mass is 32.1. The Kier molecular flexibility index (Phi) is 5.80. The van der Waals surface area contributed by atoms with Gasteiger partial charge in [-0.15, -0.1) is 11.3 Å². The number of carbonyl (C=O) groups excluding carboxylic acids is 1. The number of hydrogen-bond acceptors (Lipinski definition) is 4. The van der Waals surface area contributed by atoms with Crippen molar-refractivity contribution in [1.29, 1.82) is 0 Å². The van der Waals surface area contributed by atoms with Crippen molar-refractivity contribution in [1.82, 2.24) is 10.2 Å². The Hall–Kier alpha value is -1.69. The summed E-state index contributed by atoms with van der Waals surface area (Å²) in [5, 5.41) is 5.29. The van der Waals surface area contributed by atoms with Crippen molar-refractivity contribution in [3.8, 4) is 0 Å². The molecule has 2 aromatic rings. The summed E-state index contributed by atoms with van der Waals surface area (Å²) in [4.78, 5) is 16.1. The number of amides is 1. The van der Waals surface area contributed by atoms with Crippen LogP contribution in [0.15, 0.2) is 41.8 Å². The molecule has 4 nitrogen and oxygen atoms in total. The van der Waals surface area contributed by atoms with E-state index in [2.05, 4.69) is 66.7 Å². The summed E-state index contributed by atoms with van der Waals surface area (Å²) in [7, 11) is 0. The van der Waals surface area contributed by atoms with Crippen molar-refractivity contribution in [2.45, 2.75) is 39.3 Å². The van der Waals surface area contributed by atoms with Gasteiger partial charge in [-0.2, -0.15) is 0 Å². The third-order valence-electron chi connectivity index (χ3n) is 5.30. The van der Waals surface area contributed by atoms with Gasteiger partial charge in [0.2, 0.25) is 5.91 Å². The van der Waals surface area contributed by atoms with Crippen LogP contribution in [-0.4, -0.2) is 36.5 Å². The summed E-state index contributed by atoms with van der Waals surface area (Å²) in [6.07, 6.45) is 0.937. The molecule has 2 heterocycles. The highest BCUT2D eigenvalue weighted by Gasteiger charge is 2.34. The van der Waals surface area contributed by atoms with Crippen LogP contribution >= 0.6 is 11.3 Å². The molecular formula is C21H29N3OS. The first-order chi connectivity index (χ1) is 12.3. The third-order valence-corrected chi connectivity index (χ3v) is 6.24. The molecule has 1 amide bonds. The molecule has 140 valence electrons. The zero-order valence-corrected chi connectivity index (χ0v) is 16.7. The first kappa shape index (κ1) is 19.1. The average Bonchev–Trinajstić information content (AvgIpc) is 3.11. The molecule has 1 aliphatic heterocycles. The predicted octanol–water partition coefficient (Wildman–Crippen LogP) is 3.32. The predicted molar refractivity (Wildman–Crippen MR) is 108 cm³/mol. The van der Waals surface area contributed by atoms with Gasteiger partial charge in [-0.3, -0.25) is 9.69 Å². The van der Waals surface area contributed by atoms with Crippen LogP contribution in [0.3, 0.4) is 0 Å². The third kappa shape index (κ3) is 4.53. The number of nitrogens with zero attached hydrogens (tertiary/aromatic N) is 1. The maximum Gasteiger partial charge on any atom is 0.234 e. The van der Waals surface area contributed by atoms with Gasteiger partial charge in [0.15, 0.2) is 0 Å². The molecule has 0 radical (unpaired) electrons. The molecule has 0 saturated carbocycles. The molecule has 1 fully saturated rings. The lowest BCUT2D eigenvalue weighted by molar-refractivity contribution is -0.123. The SMILES string of the molecule is Cc1ccc(C(NC(=O)CN2CCC(N)C(C)(C)C2)c2cccs2)cc1. The molecule has 1 aromatic heterocycles. The normalized spacial score (nSPS) is 21.3. The maximum absolute atomic E-state index is 12.8. The quantitative estimate of drug-likeness (QED) is 0.848. The van der Waals surface area contributed by atoms with Crippen molar-refractivity contribution in [2.24, 2.45) is 11.1 Å². The van der Waals surface area contributed by atoms with E-state index in [9.17, 15) is 4.79 Å². The molecule has 26 heavy (non-hydrogen) atoms.